The Morgan fingerprint density at radius 3 is 2.48 bits per heavy atom. The number of thiazole rings is 1. The van der Waals surface area contributed by atoms with E-state index in [1.54, 1.807) is 0 Å². The van der Waals surface area contributed by atoms with E-state index in [0.717, 1.165) is 15.8 Å². The van der Waals surface area contributed by atoms with Crippen molar-refractivity contribution in [3.05, 3.63) is 54.6 Å². The van der Waals surface area contributed by atoms with Crippen molar-refractivity contribution in [3.63, 3.8) is 0 Å². The first-order valence-electron chi connectivity index (χ1n) is 6.42. The molecule has 4 rings (SSSR count). The zero-order valence-electron chi connectivity index (χ0n) is 10.9. The Kier molecular flexibility index (Phi) is 2.72. The Balaban J connectivity index is 1.84. The van der Waals surface area contributed by atoms with Gasteiger partial charge in [-0.2, -0.15) is 0 Å². The highest BCUT2D eigenvalue weighted by atomic mass is 32.1. The van der Waals surface area contributed by atoms with E-state index in [2.05, 4.69) is 9.97 Å². The van der Waals surface area contributed by atoms with Crippen molar-refractivity contribution in [3.8, 4) is 28.1 Å². The predicted molar refractivity (Wildman–Crippen MR) is 82.2 cm³/mol. The van der Waals surface area contributed by atoms with E-state index in [1.807, 2.05) is 54.6 Å². The van der Waals surface area contributed by atoms with Gasteiger partial charge in [0, 0.05) is 5.56 Å². The molecule has 4 aromatic rings. The number of fused-ring (bicyclic) bond motifs is 1. The first kappa shape index (κ1) is 12.1. The molecule has 102 valence electrons. The fourth-order valence-electron chi connectivity index (χ4n) is 2.13. The van der Waals surface area contributed by atoms with Crippen LogP contribution in [0.3, 0.4) is 0 Å². The fourth-order valence-corrected chi connectivity index (χ4v) is 3.08. The highest BCUT2D eigenvalue weighted by Gasteiger charge is 2.18. The molecule has 2 aromatic heterocycles. The molecule has 1 N–H and O–H groups in total. The van der Waals surface area contributed by atoms with E-state index in [9.17, 15) is 5.11 Å². The smallest absolute Gasteiger partial charge is 0.313 e. The van der Waals surface area contributed by atoms with Gasteiger partial charge in [-0.25, -0.2) is 9.97 Å². The fraction of sp³-hybridized carbons (Fsp3) is 0. The molecule has 0 unspecified atom stereocenters. The molecule has 0 saturated heterocycles. The van der Waals surface area contributed by atoms with Gasteiger partial charge in [0.05, 0.1) is 10.2 Å². The van der Waals surface area contributed by atoms with Crippen molar-refractivity contribution in [2.24, 2.45) is 0 Å². The van der Waals surface area contributed by atoms with E-state index in [-0.39, 0.29) is 5.95 Å². The Hall–Kier alpha value is -2.66. The van der Waals surface area contributed by atoms with Crippen LogP contribution in [0, 0.1) is 0 Å². The molecule has 0 atom stereocenters. The van der Waals surface area contributed by atoms with E-state index in [4.69, 9.17) is 4.42 Å². The normalized spacial score (nSPS) is 11.0. The molecule has 0 amide bonds. The number of hydrogen-bond donors (Lipinski definition) is 1. The average Bonchev–Trinajstić information content (AvgIpc) is 3.11. The summed E-state index contributed by atoms with van der Waals surface area (Å²) in [5, 5.41) is 10.7. The van der Waals surface area contributed by atoms with Gasteiger partial charge in [-0.3, -0.25) is 0 Å². The molecule has 0 aliphatic rings. The monoisotopic (exact) mass is 294 g/mol. The first-order chi connectivity index (χ1) is 10.3. The van der Waals surface area contributed by atoms with Gasteiger partial charge in [0.25, 0.3) is 0 Å². The van der Waals surface area contributed by atoms with Crippen LogP contribution in [-0.2, 0) is 0 Å². The number of benzene rings is 2. The van der Waals surface area contributed by atoms with Crippen LogP contribution in [-0.4, -0.2) is 15.1 Å². The number of rotatable bonds is 2. The largest absolute Gasteiger partial charge is 0.479 e. The van der Waals surface area contributed by atoms with Gasteiger partial charge in [-0.15, -0.1) is 11.3 Å². The van der Waals surface area contributed by atoms with Gasteiger partial charge in [-0.1, -0.05) is 30.3 Å². The van der Waals surface area contributed by atoms with Crippen molar-refractivity contribution in [2.45, 2.75) is 0 Å². The third-order valence-electron chi connectivity index (χ3n) is 3.13. The SMILES string of the molecule is Oc1oc(-c2ccccc2)nc1-c1nc2ccccc2s1. The summed E-state index contributed by atoms with van der Waals surface area (Å²) in [5.41, 5.74) is 2.09. The minimum Gasteiger partial charge on any atom is -0.479 e. The molecule has 0 saturated carbocycles. The van der Waals surface area contributed by atoms with Crippen LogP contribution in [0.15, 0.2) is 59.0 Å². The lowest BCUT2D eigenvalue weighted by Gasteiger charge is -1.91. The van der Waals surface area contributed by atoms with Gasteiger partial charge < -0.3 is 9.52 Å². The summed E-state index contributed by atoms with van der Waals surface area (Å²) in [7, 11) is 0. The highest BCUT2D eigenvalue weighted by molar-refractivity contribution is 7.21. The molecule has 0 aliphatic carbocycles. The van der Waals surface area contributed by atoms with Crippen LogP contribution >= 0.6 is 11.3 Å². The summed E-state index contributed by atoms with van der Waals surface area (Å²) < 4.78 is 6.41. The van der Waals surface area contributed by atoms with Crippen LogP contribution in [0.5, 0.6) is 5.95 Å². The van der Waals surface area contributed by atoms with Crippen LogP contribution in [0.25, 0.3) is 32.4 Å². The number of aromatic hydroxyl groups is 1. The Bertz CT molecular complexity index is 879. The molecule has 0 fully saturated rings. The van der Waals surface area contributed by atoms with Gasteiger partial charge in [-0.05, 0) is 24.3 Å². The standard InChI is InChI=1S/C16H10N2O2S/c19-16-13(15-17-11-8-4-5-9-12(11)21-15)18-14(20-16)10-6-2-1-3-7-10/h1-9,19H. The zero-order chi connectivity index (χ0) is 14.2. The topological polar surface area (TPSA) is 59.2 Å². The molecule has 5 heteroatoms. The van der Waals surface area contributed by atoms with Crippen molar-refractivity contribution in [2.75, 3.05) is 0 Å². The number of nitrogens with zero attached hydrogens (tertiary/aromatic N) is 2. The van der Waals surface area contributed by atoms with Crippen LogP contribution in [0.4, 0.5) is 0 Å². The van der Waals surface area contributed by atoms with Crippen molar-refractivity contribution in [1.29, 1.82) is 0 Å². The van der Waals surface area contributed by atoms with E-state index in [0.29, 0.717) is 16.6 Å². The second-order valence-corrected chi connectivity index (χ2v) is 5.56. The molecular formula is C16H10N2O2S. The third-order valence-corrected chi connectivity index (χ3v) is 4.17. The van der Waals surface area contributed by atoms with Crippen LogP contribution in [0.2, 0.25) is 0 Å². The number of para-hydroxylation sites is 1. The lowest BCUT2D eigenvalue weighted by molar-refractivity contribution is 0.339. The van der Waals surface area contributed by atoms with Crippen LogP contribution in [0.1, 0.15) is 0 Å². The molecular weight excluding hydrogens is 284 g/mol. The summed E-state index contributed by atoms with van der Waals surface area (Å²) in [5.74, 6) is 0.190. The Labute approximate surface area is 124 Å². The summed E-state index contributed by atoms with van der Waals surface area (Å²) >= 11 is 1.48. The number of oxazole rings is 1. The first-order valence-corrected chi connectivity index (χ1v) is 7.24. The van der Waals surface area contributed by atoms with Crippen molar-refractivity contribution < 1.29 is 9.52 Å². The summed E-state index contributed by atoms with van der Waals surface area (Å²) in [6.07, 6.45) is 0. The van der Waals surface area contributed by atoms with E-state index in [1.165, 1.54) is 11.3 Å². The summed E-state index contributed by atoms with van der Waals surface area (Å²) in [6.45, 7) is 0. The summed E-state index contributed by atoms with van der Waals surface area (Å²) in [4.78, 5) is 8.86. The molecule has 4 nitrogen and oxygen atoms in total. The van der Waals surface area contributed by atoms with Gasteiger partial charge in [0.1, 0.15) is 0 Å². The number of hydrogen-bond acceptors (Lipinski definition) is 5. The second-order valence-electron chi connectivity index (χ2n) is 4.53. The molecule has 0 spiro atoms. The van der Waals surface area contributed by atoms with Gasteiger partial charge >= 0.3 is 5.95 Å². The zero-order valence-corrected chi connectivity index (χ0v) is 11.7. The molecule has 2 aromatic carbocycles. The summed E-state index contributed by atoms with van der Waals surface area (Å²) in [6, 6.07) is 17.3. The maximum atomic E-state index is 10.0. The third kappa shape index (κ3) is 2.08. The Morgan fingerprint density at radius 1 is 0.905 bits per heavy atom. The molecule has 21 heavy (non-hydrogen) atoms. The number of aromatic nitrogens is 2. The van der Waals surface area contributed by atoms with Crippen LogP contribution < -0.4 is 0 Å². The van der Waals surface area contributed by atoms with Crippen molar-refractivity contribution >= 4 is 21.6 Å². The van der Waals surface area contributed by atoms with Crippen molar-refractivity contribution in [1.82, 2.24) is 9.97 Å². The lowest BCUT2D eigenvalue weighted by atomic mass is 10.2. The maximum absolute atomic E-state index is 10.0. The minimum atomic E-state index is -0.201. The second kappa shape index (κ2) is 4.71. The molecule has 0 aliphatic heterocycles. The van der Waals surface area contributed by atoms with E-state index < -0.39 is 0 Å². The van der Waals surface area contributed by atoms with Gasteiger partial charge in [0.2, 0.25) is 5.89 Å². The maximum Gasteiger partial charge on any atom is 0.313 e. The highest BCUT2D eigenvalue weighted by Crippen LogP contribution is 2.37. The Morgan fingerprint density at radius 2 is 1.67 bits per heavy atom. The quantitative estimate of drug-likeness (QED) is 0.598. The molecule has 2 heterocycles. The predicted octanol–water partition coefficient (Wildman–Crippen LogP) is 4.32. The van der Waals surface area contributed by atoms with Gasteiger partial charge in [0.15, 0.2) is 10.7 Å². The lowest BCUT2D eigenvalue weighted by Crippen LogP contribution is -1.78. The molecule has 0 radical (unpaired) electrons. The molecule has 0 bridgehead atoms. The minimum absolute atomic E-state index is 0.201. The average molecular weight is 294 g/mol. The van der Waals surface area contributed by atoms with E-state index >= 15 is 0 Å².